The topological polar surface area (TPSA) is 67.4 Å². The zero-order valence-corrected chi connectivity index (χ0v) is 14.8. The molecule has 0 heterocycles. The van der Waals surface area contributed by atoms with Crippen LogP contribution in [0.25, 0.3) is 0 Å². The van der Waals surface area contributed by atoms with Gasteiger partial charge in [-0.1, -0.05) is 6.07 Å². The van der Waals surface area contributed by atoms with Crippen molar-refractivity contribution >= 4 is 40.1 Å². The van der Waals surface area contributed by atoms with Crippen molar-refractivity contribution in [1.82, 2.24) is 5.32 Å². The third-order valence-corrected chi connectivity index (χ3v) is 3.61. The summed E-state index contributed by atoms with van der Waals surface area (Å²) in [7, 11) is 0. The van der Waals surface area contributed by atoms with Crippen LogP contribution in [0.1, 0.15) is 17.3 Å². The van der Waals surface area contributed by atoms with Crippen LogP contribution in [0.4, 0.5) is 5.69 Å². The molecule has 0 atom stereocenters. The van der Waals surface area contributed by atoms with E-state index in [0.29, 0.717) is 23.5 Å². The van der Waals surface area contributed by atoms with Gasteiger partial charge in [-0.05, 0) is 72.0 Å². The van der Waals surface area contributed by atoms with Crippen molar-refractivity contribution in [3.05, 3.63) is 57.7 Å². The molecule has 2 N–H and O–H groups in total. The molecule has 0 spiro atoms. The summed E-state index contributed by atoms with van der Waals surface area (Å²) in [6.07, 6.45) is 0. The van der Waals surface area contributed by atoms with Crippen LogP contribution in [0.2, 0.25) is 0 Å². The molecule has 2 aromatic carbocycles. The van der Waals surface area contributed by atoms with E-state index < -0.39 is 0 Å². The molecule has 0 aliphatic heterocycles. The molecule has 0 radical (unpaired) electrons. The Kier molecular flexibility index (Phi) is 6.40. The first-order valence-electron chi connectivity index (χ1n) is 7.15. The smallest absolute Gasteiger partial charge is 0.257 e. The zero-order valence-electron chi connectivity index (χ0n) is 12.6. The lowest BCUT2D eigenvalue weighted by molar-refractivity contribution is -0.122. The van der Waals surface area contributed by atoms with E-state index in [9.17, 15) is 9.59 Å². The maximum absolute atomic E-state index is 12.1. The average Bonchev–Trinajstić information content (AvgIpc) is 2.54. The van der Waals surface area contributed by atoms with E-state index in [1.54, 1.807) is 30.3 Å². The third-order valence-electron chi connectivity index (χ3n) is 2.94. The maximum atomic E-state index is 12.1. The van der Waals surface area contributed by atoms with Crippen LogP contribution in [0.3, 0.4) is 0 Å². The molecule has 2 amide bonds. The van der Waals surface area contributed by atoms with Gasteiger partial charge in [-0.2, -0.15) is 0 Å². The number of anilines is 1. The minimum Gasteiger partial charge on any atom is -0.484 e. The van der Waals surface area contributed by atoms with Gasteiger partial charge < -0.3 is 15.4 Å². The number of halogens is 1. The standard InChI is InChI=1S/C17H17IN2O3/c1-2-19-16(21)11-23-15-8-6-14(7-9-15)20-17(22)12-4-3-5-13(18)10-12/h3-10H,2,11H2,1H3,(H,19,21)(H,20,22). The van der Waals surface area contributed by atoms with Crippen LogP contribution >= 0.6 is 22.6 Å². The number of carbonyl (C=O) groups excluding carboxylic acids is 2. The van der Waals surface area contributed by atoms with Crippen molar-refractivity contribution in [1.29, 1.82) is 0 Å². The predicted molar refractivity (Wildman–Crippen MR) is 97.7 cm³/mol. The molecule has 0 saturated carbocycles. The van der Waals surface area contributed by atoms with Gasteiger partial charge in [-0.3, -0.25) is 9.59 Å². The molecular formula is C17H17IN2O3. The molecule has 23 heavy (non-hydrogen) atoms. The number of ether oxygens (including phenoxy) is 1. The molecule has 2 aromatic rings. The number of amides is 2. The summed E-state index contributed by atoms with van der Waals surface area (Å²) in [5, 5.41) is 5.48. The minimum absolute atomic E-state index is 0.0258. The quantitative estimate of drug-likeness (QED) is 0.701. The van der Waals surface area contributed by atoms with Gasteiger partial charge in [0, 0.05) is 21.4 Å². The monoisotopic (exact) mass is 424 g/mol. The van der Waals surface area contributed by atoms with Gasteiger partial charge in [0.05, 0.1) is 0 Å². The fourth-order valence-electron chi connectivity index (χ4n) is 1.86. The Hall–Kier alpha value is -2.09. The summed E-state index contributed by atoms with van der Waals surface area (Å²) in [6.45, 7) is 2.40. The summed E-state index contributed by atoms with van der Waals surface area (Å²) >= 11 is 2.17. The van der Waals surface area contributed by atoms with Crippen molar-refractivity contribution in [3.8, 4) is 5.75 Å². The van der Waals surface area contributed by atoms with Crippen molar-refractivity contribution in [2.75, 3.05) is 18.5 Å². The van der Waals surface area contributed by atoms with Crippen molar-refractivity contribution < 1.29 is 14.3 Å². The molecule has 5 nitrogen and oxygen atoms in total. The van der Waals surface area contributed by atoms with Gasteiger partial charge >= 0.3 is 0 Å². The summed E-state index contributed by atoms with van der Waals surface area (Å²) in [5.41, 5.74) is 1.27. The van der Waals surface area contributed by atoms with Crippen LogP contribution in [0.15, 0.2) is 48.5 Å². The van der Waals surface area contributed by atoms with Crippen LogP contribution < -0.4 is 15.4 Å². The number of likely N-dealkylation sites (N-methyl/N-ethyl adjacent to an activating group) is 1. The van der Waals surface area contributed by atoms with Crippen LogP contribution in [0, 0.1) is 3.57 Å². The Labute approximate surface area is 148 Å². The van der Waals surface area contributed by atoms with Gasteiger partial charge in [0.2, 0.25) is 0 Å². The van der Waals surface area contributed by atoms with Crippen LogP contribution in [-0.2, 0) is 4.79 Å². The van der Waals surface area contributed by atoms with Gasteiger partial charge in [0.1, 0.15) is 5.75 Å². The SMILES string of the molecule is CCNC(=O)COc1ccc(NC(=O)c2cccc(I)c2)cc1. The van der Waals surface area contributed by atoms with E-state index in [-0.39, 0.29) is 18.4 Å². The lowest BCUT2D eigenvalue weighted by Crippen LogP contribution is -2.28. The molecule has 0 bridgehead atoms. The molecule has 0 fully saturated rings. The van der Waals surface area contributed by atoms with E-state index in [1.165, 1.54) is 0 Å². The highest BCUT2D eigenvalue weighted by atomic mass is 127. The summed E-state index contributed by atoms with van der Waals surface area (Å²) < 4.78 is 6.36. The molecule has 0 aromatic heterocycles. The molecule has 0 unspecified atom stereocenters. The number of rotatable bonds is 6. The maximum Gasteiger partial charge on any atom is 0.257 e. The fraction of sp³-hybridized carbons (Fsp3) is 0.176. The summed E-state index contributed by atoms with van der Waals surface area (Å²) in [5.74, 6) is 0.242. The van der Waals surface area contributed by atoms with Gasteiger partial charge in [0.25, 0.3) is 11.8 Å². The Balaban J connectivity index is 1.92. The number of nitrogens with one attached hydrogen (secondary N) is 2. The second-order valence-corrected chi connectivity index (χ2v) is 5.98. The summed E-state index contributed by atoms with van der Waals surface area (Å²) in [4.78, 5) is 23.5. The molecule has 0 aliphatic rings. The van der Waals surface area contributed by atoms with Gasteiger partial charge in [-0.15, -0.1) is 0 Å². The Morgan fingerprint density at radius 3 is 2.52 bits per heavy atom. The number of benzene rings is 2. The van der Waals surface area contributed by atoms with Gasteiger partial charge in [-0.25, -0.2) is 0 Å². The van der Waals surface area contributed by atoms with Crippen molar-refractivity contribution in [2.45, 2.75) is 6.92 Å². The highest BCUT2D eigenvalue weighted by molar-refractivity contribution is 14.1. The van der Waals surface area contributed by atoms with Crippen LogP contribution in [-0.4, -0.2) is 25.0 Å². The zero-order chi connectivity index (χ0) is 16.7. The minimum atomic E-state index is -0.167. The van der Waals surface area contributed by atoms with Crippen LogP contribution in [0.5, 0.6) is 5.75 Å². The van der Waals surface area contributed by atoms with Gasteiger partial charge in [0.15, 0.2) is 6.61 Å². The molecule has 6 heteroatoms. The highest BCUT2D eigenvalue weighted by Gasteiger charge is 2.07. The molecular weight excluding hydrogens is 407 g/mol. The Bertz CT molecular complexity index is 686. The second-order valence-electron chi connectivity index (χ2n) is 4.73. The lowest BCUT2D eigenvalue weighted by Gasteiger charge is -2.08. The van der Waals surface area contributed by atoms with E-state index in [2.05, 4.69) is 33.2 Å². The molecule has 2 rings (SSSR count). The molecule has 0 saturated heterocycles. The first-order valence-corrected chi connectivity index (χ1v) is 8.23. The lowest BCUT2D eigenvalue weighted by atomic mass is 10.2. The molecule has 120 valence electrons. The normalized spacial score (nSPS) is 10.0. The summed E-state index contributed by atoms with van der Waals surface area (Å²) in [6, 6.07) is 14.2. The molecule has 0 aliphatic carbocycles. The highest BCUT2D eigenvalue weighted by Crippen LogP contribution is 2.17. The first-order chi connectivity index (χ1) is 11.1. The number of carbonyl (C=O) groups is 2. The number of hydrogen-bond donors (Lipinski definition) is 2. The Morgan fingerprint density at radius 1 is 1.13 bits per heavy atom. The second kappa shape index (κ2) is 8.52. The average molecular weight is 424 g/mol. The van der Waals surface area contributed by atoms with E-state index in [1.807, 2.05) is 25.1 Å². The predicted octanol–water partition coefficient (Wildman–Crippen LogP) is 3.06. The Morgan fingerprint density at radius 2 is 1.87 bits per heavy atom. The van der Waals surface area contributed by atoms with E-state index in [0.717, 1.165) is 3.57 Å². The first kappa shape index (κ1) is 17.3. The van der Waals surface area contributed by atoms with E-state index >= 15 is 0 Å². The largest absolute Gasteiger partial charge is 0.484 e. The number of hydrogen-bond acceptors (Lipinski definition) is 3. The van der Waals surface area contributed by atoms with Crippen molar-refractivity contribution in [3.63, 3.8) is 0 Å². The van der Waals surface area contributed by atoms with E-state index in [4.69, 9.17) is 4.74 Å². The third kappa shape index (κ3) is 5.55. The van der Waals surface area contributed by atoms with Crippen molar-refractivity contribution in [2.24, 2.45) is 0 Å². The fourth-order valence-corrected chi connectivity index (χ4v) is 2.41.